The molecule has 3 aromatic rings. The van der Waals surface area contributed by atoms with Crippen molar-refractivity contribution in [2.75, 3.05) is 20.8 Å². The van der Waals surface area contributed by atoms with E-state index in [2.05, 4.69) is 22.6 Å². The number of nitrogens with two attached hydrogens (primary N) is 1. The molecule has 0 spiro atoms. The fourth-order valence-corrected chi connectivity index (χ4v) is 2.61. The smallest absolute Gasteiger partial charge is 0.191 e. The van der Waals surface area contributed by atoms with E-state index in [4.69, 9.17) is 14.0 Å². The molecule has 0 radical (unpaired) electrons. The summed E-state index contributed by atoms with van der Waals surface area (Å²) in [6, 6.07) is 18.0. The standard InChI is InChI=1S/C20H22N2O3/c1-23-17-7-3-15(4-8-17)11-12-21-14-19-13-20(22-25-19)16-5-9-18(24-2)10-6-16/h3-10,13,21H,11-12,14H2,1-2H3/p+1. The molecule has 0 unspecified atom stereocenters. The quantitative estimate of drug-likeness (QED) is 0.641. The normalized spacial score (nSPS) is 10.6. The molecule has 0 aliphatic heterocycles. The van der Waals surface area contributed by atoms with Crippen molar-refractivity contribution < 1.29 is 19.3 Å². The van der Waals surface area contributed by atoms with Crippen LogP contribution in [0, 0.1) is 0 Å². The highest BCUT2D eigenvalue weighted by molar-refractivity contribution is 5.59. The highest BCUT2D eigenvalue weighted by atomic mass is 16.5. The monoisotopic (exact) mass is 339 g/mol. The lowest BCUT2D eigenvalue weighted by Crippen LogP contribution is -2.83. The zero-order valence-corrected chi connectivity index (χ0v) is 14.6. The number of rotatable bonds is 8. The molecule has 0 aliphatic rings. The molecule has 25 heavy (non-hydrogen) atoms. The van der Waals surface area contributed by atoms with Gasteiger partial charge in [0, 0.05) is 18.1 Å². The Kier molecular flexibility index (Phi) is 5.69. The first-order valence-electron chi connectivity index (χ1n) is 8.33. The van der Waals surface area contributed by atoms with Gasteiger partial charge in [0.2, 0.25) is 0 Å². The van der Waals surface area contributed by atoms with Crippen molar-refractivity contribution in [1.82, 2.24) is 5.16 Å². The molecule has 0 fully saturated rings. The van der Waals surface area contributed by atoms with Crippen LogP contribution in [-0.2, 0) is 13.0 Å². The molecule has 0 saturated carbocycles. The van der Waals surface area contributed by atoms with E-state index >= 15 is 0 Å². The minimum absolute atomic E-state index is 0.777. The van der Waals surface area contributed by atoms with E-state index in [9.17, 15) is 0 Å². The molecule has 1 aromatic heterocycles. The fraction of sp³-hybridized carbons (Fsp3) is 0.250. The Labute approximate surface area is 147 Å². The van der Waals surface area contributed by atoms with Gasteiger partial charge < -0.3 is 19.3 Å². The first kappa shape index (κ1) is 17.0. The Bertz CT molecular complexity index is 779. The van der Waals surface area contributed by atoms with E-state index < -0.39 is 0 Å². The zero-order valence-electron chi connectivity index (χ0n) is 14.6. The number of quaternary nitrogens is 1. The number of benzene rings is 2. The summed E-state index contributed by atoms with van der Waals surface area (Å²) in [5.41, 5.74) is 3.17. The summed E-state index contributed by atoms with van der Waals surface area (Å²) in [5, 5.41) is 6.37. The molecular formula is C20H23N2O3+. The summed E-state index contributed by atoms with van der Waals surface area (Å²) in [7, 11) is 3.34. The van der Waals surface area contributed by atoms with Crippen LogP contribution in [0.2, 0.25) is 0 Å². The second kappa shape index (κ2) is 8.35. The predicted octanol–water partition coefficient (Wildman–Crippen LogP) is 2.66. The third-order valence-corrected chi connectivity index (χ3v) is 4.09. The molecule has 0 atom stereocenters. The Balaban J connectivity index is 1.47. The van der Waals surface area contributed by atoms with Gasteiger partial charge in [-0.25, -0.2) is 0 Å². The largest absolute Gasteiger partial charge is 0.497 e. The zero-order chi connectivity index (χ0) is 17.5. The van der Waals surface area contributed by atoms with Crippen LogP contribution >= 0.6 is 0 Å². The molecule has 0 bridgehead atoms. The summed E-state index contributed by atoms with van der Waals surface area (Å²) < 4.78 is 15.8. The summed E-state index contributed by atoms with van der Waals surface area (Å²) in [6.45, 7) is 1.77. The number of aromatic nitrogens is 1. The van der Waals surface area contributed by atoms with Crippen molar-refractivity contribution in [1.29, 1.82) is 0 Å². The van der Waals surface area contributed by atoms with Crippen LogP contribution in [0.3, 0.4) is 0 Å². The Morgan fingerprint density at radius 1 is 0.920 bits per heavy atom. The highest BCUT2D eigenvalue weighted by Crippen LogP contribution is 2.21. The van der Waals surface area contributed by atoms with Crippen molar-refractivity contribution >= 4 is 0 Å². The fourth-order valence-electron chi connectivity index (χ4n) is 2.61. The first-order valence-corrected chi connectivity index (χ1v) is 8.33. The molecular weight excluding hydrogens is 316 g/mol. The van der Waals surface area contributed by atoms with E-state index in [1.165, 1.54) is 5.56 Å². The van der Waals surface area contributed by atoms with Gasteiger partial charge in [-0.1, -0.05) is 17.3 Å². The third-order valence-electron chi connectivity index (χ3n) is 4.09. The van der Waals surface area contributed by atoms with Crippen LogP contribution in [0.4, 0.5) is 0 Å². The molecule has 0 amide bonds. The van der Waals surface area contributed by atoms with E-state index in [1.54, 1.807) is 14.2 Å². The number of methoxy groups -OCH3 is 2. The second-order valence-corrected chi connectivity index (χ2v) is 5.79. The topological polar surface area (TPSA) is 61.1 Å². The lowest BCUT2D eigenvalue weighted by molar-refractivity contribution is -0.672. The van der Waals surface area contributed by atoms with E-state index in [0.717, 1.165) is 48.0 Å². The van der Waals surface area contributed by atoms with Gasteiger partial charge in [-0.3, -0.25) is 0 Å². The van der Waals surface area contributed by atoms with E-state index in [-0.39, 0.29) is 0 Å². The van der Waals surface area contributed by atoms with E-state index in [0.29, 0.717) is 0 Å². The molecule has 2 aromatic carbocycles. The van der Waals surface area contributed by atoms with Gasteiger partial charge in [-0.15, -0.1) is 0 Å². The Morgan fingerprint density at radius 2 is 1.56 bits per heavy atom. The molecule has 5 heteroatoms. The van der Waals surface area contributed by atoms with Crippen LogP contribution in [0.15, 0.2) is 59.1 Å². The summed E-state index contributed by atoms with van der Waals surface area (Å²) >= 11 is 0. The van der Waals surface area contributed by atoms with Crippen LogP contribution < -0.4 is 14.8 Å². The minimum Gasteiger partial charge on any atom is -0.497 e. The van der Waals surface area contributed by atoms with Gasteiger partial charge in [-0.2, -0.15) is 0 Å². The van der Waals surface area contributed by atoms with Crippen LogP contribution in [0.5, 0.6) is 11.5 Å². The summed E-state index contributed by atoms with van der Waals surface area (Å²) in [5.74, 6) is 2.60. The second-order valence-electron chi connectivity index (χ2n) is 5.79. The third kappa shape index (κ3) is 4.61. The molecule has 2 N–H and O–H groups in total. The van der Waals surface area contributed by atoms with Crippen molar-refractivity contribution in [2.24, 2.45) is 0 Å². The van der Waals surface area contributed by atoms with Gasteiger partial charge in [0.15, 0.2) is 5.76 Å². The lowest BCUT2D eigenvalue weighted by atomic mass is 10.1. The summed E-state index contributed by atoms with van der Waals surface area (Å²) in [4.78, 5) is 0. The minimum atomic E-state index is 0.777. The van der Waals surface area contributed by atoms with Gasteiger partial charge in [0.05, 0.1) is 20.8 Å². The average molecular weight is 339 g/mol. The molecule has 1 heterocycles. The first-order chi connectivity index (χ1) is 12.3. The van der Waals surface area contributed by atoms with Crippen LogP contribution in [-0.4, -0.2) is 25.9 Å². The molecule has 5 nitrogen and oxygen atoms in total. The molecule has 0 aliphatic carbocycles. The lowest BCUT2D eigenvalue weighted by Gasteiger charge is -2.02. The summed E-state index contributed by atoms with van der Waals surface area (Å²) in [6.07, 6.45) is 1.00. The van der Waals surface area contributed by atoms with Gasteiger partial charge in [0.25, 0.3) is 0 Å². The maximum Gasteiger partial charge on any atom is 0.191 e. The van der Waals surface area contributed by atoms with Gasteiger partial charge >= 0.3 is 0 Å². The van der Waals surface area contributed by atoms with Crippen molar-refractivity contribution in [2.45, 2.75) is 13.0 Å². The van der Waals surface area contributed by atoms with Gasteiger partial charge in [0.1, 0.15) is 23.7 Å². The van der Waals surface area contributed by atoms with Gasteiger partial charge in [-0.05, 0) is 42.0 Å². The molecule has 130 valence electrons. The van der Waals surface area contributed by atoms with Crippen LogP contribution in [0.1, 0.15) is 11.3 Å². The molecule has 3 rings (SSSR count). The Hall–Kier alpha value is -2.79. The number of nitrogens with zero attached hydrogens (tertiary/aromatic N) is 1. The average Bonchev–Trinajstić information content (AvgIpc) is 3.15. The van der Waals surface area contributed by atoms with Crippen molar-refractivity contribution in [3.05, 3.63) is 65.9 Å². The number of hydrogen-bond acceptors (Lipinski definition) is 4. The van der Waals surface area contributed by atoms with Crippen molar-refractivity contribution in [3.8, 4) is 22.8 Å². The maximum absolute atomic E-state index is 5.43. The van der Waals surface area contributed by atoms with E-state index in [1.807, 2.05) is 42.5 Å². The highest BCUT2D eigenvalue weighted by Gasteiger charge is 2.08. The number of hydrogen-bond donors (Lipinski definition) is 1. The molecule has 0 saturated heterocycles. The predicted molar refractivity (Wildman–Crippen MR) is 95.7 cm³/mol. The number of ether oxygens (including phenoxy) is 2. The Morgan fingerprint density at radius 3 is 2.20 bits per heavy atom. The van der Waals surface area contributed by atoms with Crippen LogP contribution in [0.25, 0.3) is 11.3 Å². The SMILES string of the molecule is COc1ccc(CC[NH2+]Cc2cc(-c3ccc(OC)cc3)no2)cc1. The van der Waals surface area contributed by atoms with Crippen molar-refractivity contribution in [3.63, 3.8) is 0 Å². The maximum atomic E-state index is 5.43.